The SMILES string of the molecule is O=C(CCl)N(Cc1cccnc1)c1c(F)cccc1F. The van der Waals surface area contributed by atoms with Crippen molar-refractivity contribution in [2.24, 2.45) is 0 Å². The van der Waals surface area contributed by atoms with Gasteiger partial charge in [-0.2, -0.15) is 0 Å². The van der Waals surface area contributed by atoms with E-state index in [1.807, 2.05) is 0 Å². The Labute approximate surface area is 119 Å². The second-order valence-electron chi connectivity index (χ2n) is 4.05. The smallest absolute Gasteiger partial charge is 0.242 e. The van der Waals surface area contributed by atoms with E-state index in [1.165, 1.54) is 12.3 Å². The van der Waals surface area contributed by atoms with Gasteiger partial charge in [0.05, 0.1) is 6.54 Å². The van der Waals surface area contributed by atoms with Gasteiger partial charge in [-0.3, -0.25) is 9.78 Å². The predicted octanol–water partition coefficient (Wildman–Crippen LogP) is 3.13. The molecule has 20 heavy (non-hydrogen) atoms. The maximum Gasteiger partial charge on any atom is 0.242 e. The van der Waals surface area contributed by atoms with Crippen molar-refractivity contribution in [1.82, 2.24) is 4.98 Å². The second kappa shape index (κ2) is 6.43. The second-order valence-corrected chi connectivity index (χ2v) is 4.31. The van der Waals surface area contributed by atoms with Gasteiger partial charge in [-0.25, -0.2) is 8.78 Å². The summed E-state index contributed by atoms with van der Waals surface area (Å²) in [6.45, 7) is -0.00273. The van der Waals surface area contributed by atoms with E-state index >= 15 is 0 Å². The van der Waals surface area contributed by atoms with E-state index in [2.05, 4.69) is 4.98 Å². The molecule has 0 aliphatic heterocycles. The summed E-state index contributed by atoms with van der Waals surface area (Å²) in [6.07, 6.45) is 3.09. The maximum atomic E-state index is 13.8. The van der Waals surface area contributed by atoms with Gasteiger partial charge in [-0.05, 0) is 23.8 Å². The van der Waals surface area contributed by atoms with Crippen LogP contribution in [0.5, 0.6) is 0 Å². The fourth-order valence-electron chi connectivity index (χ4n) is 1.79. The summed E-state index contributed by atoms with van der Waals surface area (Å²) in [4.78, 5) is 16.7. The molecule has 0 fully saturated rings. The number of alkyl halides is 1. The molecule has 0 aliphatic rings. The highest BCUT2D eigenvalue weighted by Crippen LogP contribution is 2.25. The van der Waals surface area contributed by atoms with Gasteiger partial charge in [0.1, 0.15) is 23.2 Å². The van der Waals surface area contributed by atoms with Crippen LogP contribution in [-0.2, 0) is 11.3 Å². The fourth-order valence-corrected chi connectivity index (χ4v) is 1.93. The van der Waals surface area contributed by atoms with Crippen molar-refractivity contribution in [3.8, 4) is 0 Å². The normalized spacial score (nSPS) is 10.3. The lowest BCUT2D eigenvalue weighted by Crippen LogP contribution is -2.33. The lowest BCUT2D eigenvalue weighted by Gasteiger charge is -2.22. The van der Waals surface area contributed by atoms with E-state index in [0.29, 0.717) is 5.56 Å². The zero-order valence-electron chi connectivity index (χ0n) is 10.4. The van der Waals surface area contributed by atoms with E-state index in [-0.39, 0.29) is 12.4 Å². The Kier molecular flexibility index (Phi) is 4.63. The number of hydrogen-bond acceptors (Lipinski definition) is 2. The molecule has 1 amide bonds. The summed E-state index contributed by atoms with van der Waals surface area (Å²) in [5, 5.41) is 0. The van der Waals surface area contributed by atoms with Crippen molar-refractivity contribution in [3.05, 3.63) is 59.9 Å². The molecule has 0 radical (unpaired) electrons. The van der Waals surface area contributed by atoms with Gasteiger partial charge in [0.2, 0.25) is 5.91 Å². The summed E-state index contributed by atoms with van der Waals surface area (Å²) < 4.78 is 27.6. The average molecular weight is 297 g/mol. The molecule has 2 aromatic rings. The van der Waals surface area contributed by atoms with Crippen LogP contribution in [-0.4, -0.2) is 16.8 Å². The van der Waals surface area contributed by atoms with Crippen molar-refractivity contribution in [1.29, 1.82) is 0 Å². The Morgan fingerprint density at radius 3 is 2.45 bits per heavy atom. The zero-order valence-corrected chi connectivity index (χ0v) is 11.1. The van der Waals surface area contributed by atoms with Gasteiger partial charge in [-0.1, -0.05) is 12.1 Å². The Hall–Kier alpha value is -2.01. The van der Waals surface area contributed by atoms with Crippen molar-refractivity contribution in [3.63, 3.8) is 0 Å². The van der Waals surface area contributed by atoms with E-state index in [0.717, 1.165) is 17.0 Å². The maximum absolute atomic E-state index is 13.8. The highest BCUT2D eigenvalue weighted by molar-refractivity contribution is 6.29. The van der Waals surface area contributed by atoms with Crippen LogP contribution in [0.15, 0.2) is 42.7 Å². The van der Waals surface area contributed by atoms with Crippen molar-refractivity contribution >= 4 is 23.2 Å². The van der Waals surface area contributed by atoms with E-state index < -0.39 is 23.2 Å². The summed E-state index contributed by atoms with van der Waals surface area (Å²) in [5.41, 5.74) is 0.246. The minimum atomic E-state index is -0.813. The van der Waals surface area contributed by atoms with E-state index in [1.54, 1.807) is 18.3 Å². The van der Waals surface area contributed by atoms with Crippen LogP contribution >= 0.6 is 11.6 Å². The van der Waals surface area contributed by atoms with Crippen LogP contribution in [0.25, 0.3) is 0 Å². The first-order chi connectivity index (χ1) is 9.63. The minimum absolute atomic E-state index is 0.00273. The predicted molar refractivity (Wildman–Crippen MR) is 72.5 cm³/mol. The molecule has 0 bridgehead atoms. The molecule has 0 aliphatic carbocycles. The molecular weight excluding hydrogens is 286 g/mol. The highest BCUT2D eigenvalue weighted by Gasteiger charge is 2.22. The molecule has 6 heteroatoms. The Bertz CT molecular complexity index is 587. The molecule has 1 heterocycles. The number of pyridine rings is 1. The average Bonchev–Trinajstić information content (AvgIpc) is 2.46. The molecule has 1 aromatic heterocycles. The van der Waals surface area contributed by atoms with Gasteiger partial charge < -0.3 is 4.90 Å². The third kappa shape index (κ3) is 3.11. The molecule has 104 valence electrons. The van der Waals surface area contributed by atoms with Crippen LogP contribution in [0.1, 0.15) is 5.56 Å². The van der Waals surface area contributed by atoms with Crippen molar-refractivity contribution in [2.75, 3.05) is 10.8 Å². The molecule has 0 N–H and O–H groups in total. The number of carbonyl (C=O) groups is 1. The first-order valence-corrected chi connectivity index (χ1v) is 6.36. The first kappa shape index (κ1) is 14.4. The number of halogens is 3. The molecule has 0 unspecified atom stereocenters. The molecule has 0 saturated carbocycles. The molecule has 0 saturated heterocycles. The lowest BCUT2D eigenvalue weighted by molar-refractivity contribution is -0.116. The molecule has 0 atom stereocenters. The number of para-hydroxylation sites is 1. The quantitative estimate of drug-likeness (QED) is 0.812. The number of nitrogens with zero attached hydrogens (tertiary/aromatic N) is 2. The minimum Gasteiger partial charge on any atom is -0.302 e. The number of benzene rings is 1. The summed E-state index contributed by atoms with van der Waals surface area (Å²) in [6, 6.07) is 6.81. The van der Waals surface area contributed by atoms with Crippen molar-refractivity contribution in [2.45, 2.75) is 6.54 Å². The van der Waals surface area contributed by atoms with Gasteiger partial charge in [0.15, 0.2) is 0 Å². The number of anilines is 1. The summed E-state index contributed by atoms with van der Waals surface area (Å²) in [7, 11) is 0. The van der Waals surface area contributed by atoms with E-state index in [4.69, 9.17) is 11.6 Å². The molecule has 1 aromatic carbocycles. The monoisotopic (exact) mass is 296 g/mol. The molecule has 0 spiro atoms. The van der Waals surface area contributed by atoms with E-state index in [9.17, 15) is 13.6 Å². The fraction of sp³-hybridized carbons (Fsp3) is 0.143. The van der Waals surface area contributed by atoms with Crippen LogP contribution in [0.3, 0.4) is 0 Å². The third-order valence-corrected chi connectivity index (χ3v) is 2.91. The van der Waals surface area contributed by atoms with Gasteiger partial charge >= 0.3 is 0 Å². The Morgan fingerprint density at radius 1 is 1.20 bits per heavy atom. The number of amides is 1. The van der Waals surface area contributed by atoms with Crippen LogP contribution < -0.4 is 4.90 Å². The topological polar surface area (TPSA) is 33.2 Å². The summed E-state index contributed by atoms with van der Waals surface area (Å²) >= 11 is 5.52. The van der Waals surface area contributed by atoms with Gasteiger partial charge in [0.25, 0.3) is 0 Å². The van der Waals surface area contributed by atoms with Gasteiger partial charge in [0, 0.05) is 12.4 Å². The molecule has 3 nitrogen and oxygen atoms in total. The standard InChI is InChI=1S/C14H11ClF2N2O/c15-7-13(20)19(9-10-3-2-6-18-8-10)14-11(16)4-1-5-12(14)17/h1-6,8H,7,9H2. The largest absolute Gasteiger partial charge is 0.302 e. The number of carbonyl (C=O) groups excluding carboxylic acids is 1. The third-order valence-electron chi connectivity index (χ3n) is 2.69. The van der Waals surface area contributed by atoms with Crippen LogP contribution in [0.4, 0.5) is 14.5 Å². The zero-order chi connectivity index (χ0) is 14.5. The highest BCUT2D eigenvalue weighted by atomic mass is 35.5. The number of rotatable bonds is 4. The number of aromatic nitrogens is 1. The summed E-state index contributed by atoms with van der Waals surface area (Å²) in [5.74, 6) is -2.58. The Morgan fingerprint density at radius 2 is 1.90 bits per heavy atom. The lowest BCUT2D eigenvalue weighted by atomic mass is 10.2. The molecular formula is C14H11ClF2N2O. The van der Waals surface area contributed by atoms with Crippen LogP contribution in [0.2, 0.25) is 0 Å². The first-order valence-electron chi connectivity index (χ1n) is 5.82. The molecule has 2 rings (SSSR count). The number of hydrogen-bond donors (Lipinski definition) is 0. The van der Waals surface area contributed by atoms with Gasteiger partial charge in [-0.15, -0.1) is 11.6 Å². The van der Waals surface area contributed by atoms with Crippen LogP contribution in [0, 0.1) is 11.6 Å². The van der Waals surface area contributed by atoms with Crippen molar-refractivity contribution < 1.29 is 13.6 Å². The Balaban J connectivity index is 2.41.